The van der Waals surface area contributed by atoms with Gasteiger partial charge in [-0.2, -0.15) is 0 Å². The second-order valence-electron chi connectivity index (χ2n) is 5.22. The van der Waals surface area contributed by atoms with Crippen molar-refractivity contribution < 1.29 is 19.1 Å². The first-order valence-corrected chi connectivity index (χ1v) is 6.87. The highest BCUT2D eigenvalue weighted by Gasteiger charge is 2.34. The summed E-state index contributed by atoms with van der Waals surface area (Å²) in [6, 6.07) is 3.50. The Balaban J connectivity index is 1.78. The molecule has 1 saturated carbocycles. The monoisotopic (exact) mass is 280 g/mol. The van der Waals surface area contributed by atoms with E-state index in [9.17, 15) is 9.59 Å². The van der Waals surface area contributed by atoms with Crippen molar-refractivity contribution in [3.63, 3.8) is 0 Å². The van der Waals surface area contributed by atoms with Crippen LogP contribution in [-0.2, 0) is 11.2 Å². The molecule has 1 aromatic heterocycles. The number of carbonyl (C=O) groups is 2. The lowest BCUT2D eigenvalue weighted by atomic mass is 10.1. The average Bonchev–Trinajstić information content (AvgIpc) is 3.09. The molecule has 20 heavy (non-hydrogen) atoms. The van der Waals surface area contributed by atoms with E-state index in [4.69, 9.17) is 9.52 Å². The number of urea groups is 1. The molecule has 2 rings (SSSR count). The lowest BCUT2D eigenvalue weighted by Crippen LogP contribution is -2.47. The van der Waals surface area contributed by atoms with Crippen molar-refractivity contribution in [1.29, 1.82) is 0 Å². The van der Waals surface area contributed by atoms with Gasteiger partial charge < -0.3 is 19.7 Å². The molecule has 1 unspecified atom stereocenters. The van der Waals surface area contributed by atoms with E-state index >= 15 is 0 Å². The molecule has 2 amide bonds. The molecule has 0 bridgehead atoms. The summed E-state index contributed by atoms with van der Waals surface area (Å²) in [6.07, 6.45) is 4.91. The molecule has 1 fully saturated rings. The van der Waals surface area contributed by atoms with Crippen LogP contribution in [0.5, 0.6) is 0 Å². The van der Waals surface area contributed by atoms with Gasteiger partial charge >= 0.3 is 12.0 Å². The number of nitrogens with zero attached hydrogens (tertiary/aromatic N) is 1. The Bertz CT molecular complexity index is 454. The van der Waals surface area contributed by atoms with Gasteiger partial charge in [0.25, 0.3) is 0 Å². The molecule has 0 radical (unpaired) electrons. The summed E-state index contributed by atoms with van der Waals surface area (Å²) in [5.74, 6) is -0.0917. The minimum absolute atomic E-state index is 0.0253. The zero-order valence-electron chi connectivity index (χ0n) is 11.5. The fourth-order valence-electron chi connectivity index (χ4n) is 2.08. The maximum absolute atomic E-state index is 12.1. The molecule has 2 N–H and O–H groups in total. The minimum atomic E-state index is -0.977. The highest BCUT2D eigenvalue weighted by molar-refractivity contribution is 5.80. The summed E-state index contributed by atoms with van der Waals surface area (Å²) < 4.78 is 5.24. The lowest BCUT2D eigenvalue weighted by molar-refractivity contribution is -0.137. The first kappa shape index (κ1) is 14.4. The Morgan fingerprint density at radius 2 is 2.30 bits per heavy atom. The van der Waals surface area contributed by atoms with Crippen molar-refractivity contribution in [2.45, 2.75) is 44.7 Å². The van der Waals surface area contributed by atoms with Crippen LogP contribution in [0.2, 0.25) is 0 Å². The Morgan fingerprint density at radius 3 is 2.85 bits per heavy atom. The normalized spacial score (nSPS) is 15.7. The number of carboxylic acid groups (broad SMARTS) is 1. The van der Waals surface area contributed by atoms with Gasteiger partial charge in [-0.3, -0.25) is 4.79 Å². The van der Waals surface area contributed by atoms with Crippen LogP contribution in [0.1, 0.15) is 31.9 Å². The Hall–Kier alpha value is -1.98. The standard InChI is InChI=1S/C14H20N2O4/c1-10(4-7-12-3-2-8-20-12)15-14(19)16(9-13(17)18)11-5-6-11/h2-3,8,10-11H,4-7,9H2,1H3,(H,15,19)(H,17,18). The molecule has 1 aliphatic carbocycles. The van der Waals surface area contributed by atoms with E-state index in [2.05, 4.69) is 5.32 Å². The maximum Gasteiger partial charge on any atom is 0.323 e. The van der Waals surface area contributed by atoms with Crippen LogP contribution in [0.25, 0.3) is 0 Å². The van der Waals surface area contributed by atoms with Gasteiger partial charge in [0.15, 0.2) is 0 Å². The molecular weight excluding hydrogens is 260 g/mol. The summed E-state index contributed by atoms with van der Waals surface area (Å²) in [7, 11) is 0. The summed E-state index contributed by atoms with van der Waals surface area (Å²) in [5, 5.41) is 11.7. The Morgan fingerprint density at radius 1 is 1.55 bits per heavy atom. The van der Waals surface area contributed by atoms with E-state index in [1.807, 2.05) is 19.1 Å². The Kier molecular flexibility index (Phi) is 4.65. The molecule has 0 saturated heterocycles. The number of aryl methyl sites for hydroxylation is 1. The molecule has 1 atom stereocenters. The number of rotatable bonds is 7. The zero-order valence-corrected chi connectivity index (χ0v) is 11.5. The molecule has 6 heteroatoms. The van der Waals surface area contributed by atoms with Crippen LogP contribution in [0.4, 0.5) is 4.79 Å². The van der Waals surface area contributed by atoms with Gasteiger partial charge in [0.2, 0.25) is 0 Å². The fourth-order valence-corrected chi connectivity index (χ4v) is 2.08. The molecular formula is C14H20N2O4. The maximum atomic E-state index is 12.1. The Labute approximate surface area is 117 Å². The number of furan rings is 1. The van der Waals surface area contributed by atoms with Gasteiger partial charge in [0.05, 0.1) is 6.26 Å². The number of carbonyl (C=O) groups excluding carboxylic acids is 1. The number of carboxylic acids is 1. The first-order chi connectivity index (χ1) is 9.56. The number of hydrogen-bond acceptors (Lipinski definition) is 3. The molecule has 0 spiro atoms. The lowest BCUT2D eigenvalue weighted by Gasteiger charge is -2.23. The third-order valence-corrected chi connectivity index (χ3v) is 3.33. The van der Waals surface area contributed by atoms with Crippen LogP contribution in [-0.4, -0.2) is 40.6 Å². The van der Waals surface area contributed by atoms with Gasteiger partial charge in [0.1, 0.15) is 12.3 Å². The third kappa shape index (κ3) is 4.29. The largest absolute Gasteiger partial charge is 0.480 e. The topological polar surface area (TPSA) is 82.8 Å². The molecule has 0 aromatic carbocycles. The fraction of sp³-hybridized carbons (Fsp3) is 0.571. The number of hydrogen-bond donors (Lipinski definition) is 2. The van der Waals surface area contributed by atoms with Crippen LogP contribution in [0, 0.1) is 0 Å². The highest BCUT2D eigenvalue weighted by atomic mass is 16.4. The van der Waals surface area contributed by atoms with Crippen molar-refractivity contribution in [3.05, 3.63) is 24.2 Å². The molecule has 1 aliphatic rings. The molecule has 1 heterocycles. The highest BCUT2D eigenvalue weighted by Crippen LogP contribution is 2.26. The molecule has 6 nitrogen and oxygen atoms in total. The summed E-state index contributed by atoms with van der Waals surface area (Å²) >= 11 is 0. The quantitative estimate of drug-likeness (QED) is 0.798. The van der Waals surface area contributed by atoms with Crippen molar-refractivity contribution in [3.8, 4) is 0 Å². The van der Waals surface area contributed by atoms with Crippen LogP contribution in [0.3, 0.4) is 0 Å². The van der Waals surface area contributed by atoms with E-state index in [0.29, 0.717) is 0 Å². The van der Waals surface area contributed by atoms with Crippen molar-refractivity contribution in [1.82, 2.24) is 10.2 Å². The van der Waals surface area contributed by atoms with E-state index in [1.165, 1.54) is 4.90 Å². The first-order valence-electron chi connectivity index (χ1n) is 6.87. The summed E-state index contributed by atoms with van der Waals surface area (Å²) in [5.41, 5.74) is 0. The number of amides is 2. The van der Waals surface area contributed by atoms with Gasteiger partial charge in [-0.15, -0.1) is 0 Å². The molecule has 1 aromatic rings. The van der Waals surface area contributed by atoms with Gasteiger partial charge in [-0.05, 0) is 38.3 Å². The zero-order chi connectivity index (χ0) is 14.5. The summed E-state index contributed by atoms with van der Waals surface area (Å²) in [6.45, 7) is 1.67. The summed E-state index contributed by atoms with van der Waals surface area (Å²) in [4.78, 5) is 24.2. The van der Waals surface area contributed by atoms with Gasteiger partial charge in [-0.25, -0.2) is 4.79 Å². The predicted molar refractivity (Wildman–Crippen MR) is 72.4 cm³/mol. The average molecular weight is 280 g/mol. The second kappa shape index (κ2) is 6.45. The van der Waals surface area contributed by atoms with Crippen molar-refractivity contribution in [2.24, 2.45) is 0 Å². The smallest absolute Gasteiger partial charge is 0.323 e. The van der Waals surface area contributed by atoms with E-state index < -0.39 is 5.97 Å². The van der Waals surface area contributed by atoms with Crippen molar-refractivity contribution >= 4 is 12.0 Å². The van der Waals surface area contributed by atoms with E-state index in [-0.39, 0.29) is 24.7 Å². The third-order valence-electron chi connectivity index (χ3n) is 3.33. The molecule has 110 valence electrons. The van der Waals surface area contributed by atoms with Crippen LogP contribution < -0.4 is 5.32 Å². The van der Waals surface area contributed by atoms with Gasteiger partial charge in [0, 0.05) is 18.5 Å². The predicted octanol–water partition coefficient (Wildman–Crippen LogP) is 1.86. The SMILES string of the molecule is CC(CCc1ccco1)NC(=O)N(CC(=O)O)C1CC1. The second-order valence-corrected chi connectivity index (χ2v) is 5.22. The van der Waals surface area contributed by atoms with Gasteiger partial charge in [-0.1, -0.05) is 0 Å². The number of nitrogens with one attached hydrogen (secondary N) is 1. The molecule has 0 aliphatic heterocycles. The van der Waals surface area contributed by atoms with Crippen LogP contribution in [0.15, 0.2) is 22.8 Å². The van der Waals surface area contributed by atoms with E-state index in [1.54, 1.807) is 6.26 Å². The van der Waals surface area contributed by atoms with Crippen molar-refractivity contribution in [2.75, 3.05) is 6.54 Å². The number of aliphatic carboxylic acids is 1. The van der Waals surface area contributed by atoms with Crippen LogP contribution >= 0.6 is 0 Å². The van der Waals surface area contributed by atoms with E-state index in [0.717, 1.165) is 31.4 Å². The minimum Gasteiger partial charge on any atom is -0.480 e.